The van der Waals surface area contributed by atoms with E-state index in [9.17, 15) is 14.7 Å². The third-order valence-corrected chi connectivity index (χ3v) is 6.82. The number of hydrogen-bond acceptors (Lipinski definition) is 8. The van der Waals surface area contributed by atoms with Crippen LogP contribution in [-0.4, -0.2) is 54.4 Å². The second-order valence-electron chi connectivity index (χ2n) is 9.79. The van der Waals surface area contributed by atoms with Gasteiger partial charge in [-0.2, -0.15) is 0 Å². The highest BCUT2D eigenvalue weighted by Crippen LogP contribution is 2.30. The second kappa shape index (κ2) is 14.5. The molecule has 5 atom stereocenters. The maximum atomic E-state index is 13.3. The fourth-order valence-corrected chi connectivity index (χ4v) is 4.65. The summed E-state index contributed by atoms with van der Waals surface area (Å²) in [5.74, 6) is -1.19. The summed E-state index contributed by atoms with van der Waals surface area (Å²) in [5.41, 5.74) is 2.43. The largest absolute Gasteiger partial charge is 0.459 e. The smallest absolute Gasteiger partial charge is 0.338 e. The van der Waals surface area contributed by atoms with Crippen LogP contribution in [0.5, 0.6) is 0 Å². The number of benzene rings is 4. The molecule has 4 aromatic rings. The van der Waals surface area contributed by atoms with Crippen molar-refractivity contribution < 1.29 is 38.4 Å². The van der Waals surface area contributed by atoms with E-state index < -0.39 is 42.6 Å². The van der Waals surface area contributed by atoms with Crippen LogP contribution in [0.3, 0.4) is 0 Å². The summed E-state index contributed by atoms with van der Waals surface area (Å²) in [6, 6.07) is 36.0. The molecule has 1 N–H and O–H groups in total. The molecule has 1 fully saturated rings. The fourth-order valence-electron chi connectivity index (χ4n) is 4.65. The van der Waals surface area contributed by atoms with Crippen molar-refractivity contribution >= 4 is 11.9 Å². The number of aliphatic hydroxyl groups excluding tert-OH is 1. The van der Waals surface area contributed by atoms with Crippen molar-refractivity contribution in [3.8, 4) is 0 Å². The van der Waals surface area contributed by atoms with Gasteiger partial charge in [-0.05, 0) is 35.4 Å². The Hall–Kier alpha value is -4.34. The number of hydrogen-bond donors (Lipinski definition) is 1. The molecule has 216 valence electrons. The minimum absolute atomic E-state index is 0.152. The third-order valence-electron chi connectivity index (χ3n) is 6.82. The van der Waals surface area contributed by atoms with Gasteiger partial charge in [0.25, 0.3) is 0 Å². The van der Waals surface area contributed by atoms with Gasteiger partial charge < -0.3 is 28.8 Å². The molecule has 8 nitrogen and oxygen atoms in total. The third kappa shape index (κ3) is 7.69. The van der Waals surface area contributed by atoms with E-state index in [-0.39, 0.29) is 19.8 Å². The number of rotatable bonds is 11. The quantitative estimate of drug-likeness (QED) is 0.254. The molecule has 0 radical (unpaired) electrons. The first-order chi connectivity index (χ1) is 20.6. The Morgan fingerprint density at radius 1 is 0.595 bits per heavy atom. The zero-order valence-electron chi connectivity index (χ0n) is 22.9. The summed E-state index contributed by atoms with van der Waals surface area (Å²) in [5, 5.41) is 11.1. The SMILES string of the molecule is O=C(OC[C@H]1O[C@@H](O)[C@H](OCc2ccccc2)[C@@H](OCc2ccccc2)[C@@H]1OC(=O)c1ccccc1)c1ccccc1. The van der Waals surface area contributed by atoms with Crippen LogP contribution in [0.4, 0.5) is 0 Å². The molecule has 8 heteroatoms. The zero-order chi connectivity index (χ0) is 29.1. The van der Waals surface area contributed by atoms with E-state index in [1.165, 1.54) is 0 Å². The molecule has 42 heavy (non-hydrogen) atoms. The molecular weight excluding hydrogens is 536 g/mol. The highest BCUT2D eigenvalue weighted by atomic mass is 16.7. The Kier molecular flexibility index (Phi) is 10.1. The molecule has 4 aromatic carbocycles. The highest BCUT2D eigenvalue weighted by Gasteiger charge is 2.50. The molecule has 1 aliphatic heterocycles. The monoisotopic (exact) mass is 568 g/mol. The van der Waals surface area contributed by atoms with Crippen molar-refractivity contribution in [1.82, 2.24) is 0 Å². The standard InChI is InChI=1S/C34H32O8/c35-32(26-17-9-3-10-18-26)40-23-28-29(42-33(36)27-19-11-4-12-20-27)30(38-21-24-13-5-1-6-14-24)31(34(37)41-28)39-22-25-15-7-2-8-16-25/h1-20,28-31,34,37H,21-23H2/t28-,29-,30+,31-,34-/m1/s1. The van der Waals surface area contributed by atoms with E-state index in [0.29, 0.717) is 11.1 Å². The predicted molar refractivity (Wildman–Crippen MR) is 153 cm³/mol. The van der Waals surface area contributed by atoms with Gasteiger partial charge in [0.05, 0.1) is 24.3 Å². The topological polar surface area (TPSA) is 101 Å². The van der Waals surface area contributed by atoms with Crippen LogP contribution < -0.4 is 0 Å². The summed E-state index contributed by atoms with van der Waals surface area (Å²) in [6.07, 6.45) is -5.58. The van der Waals surface area contributed by atoms with Crippen molar-refractivity contribution in [2.75, 3.05) is 6.61 Å². The molecule has 0 spiro atoms. The minimum Gasteiger partial charge on any atom is -0.459 e. The van der Waals surface area contributed by atoms with Gasteiger partial charge in [0, 0.05) is 0 Å². The molecule has 0 bridgehead atoms. The fraction of sp³-hybridized carbons (Fsp3) is 0.235. The van der Waals surface area contributed by atoms with E-state index >= 15 is 0 Å². The van der Waals surface area contributed by atoms with Gasteiger partial charge in [-0.25, -0.2) is 9.59 Å². The number of aliphatic hydroxyl groups is 1. The molecule has 0 aliphatic carbocycles. The van der Waals surface area contributed by atoms with Crippen LogP contribution in [0.1, 0.15) is 31.8 Å². The number of ether oxygens (including phenoxy) is 5. The average Bonchev–Trinajstić information content (AvgIpc) is 3.05. The first kappa shape index (κ1) is 29.2. The summed E-state index contributed by atoms with van der Waals surface area (Å²) in [4.78, 5) is 26.0. The van der Waals surface area contributed by atoms with Gasteiger partial charge in [-0.1, -0.05) is 97.1 Å². The maximum absolute atomic E-state index is 13.3. The molecule has 5 rings (SSSR count). The normalized spacial score (nSPS) is 21.8. The van der Waals surface area contributed by atoms with Gasteiger partial charge in [0.1, 0.15) is 24.9 Å². The van der Waals surface area contributed by atoms with Crippen LogP contribution in [0.25, 0.3) is 0 Å². The first-order valence-corrected chi connectivity index (χ1v) is 13.7. The summed E-state index contributed by atoms with van der Waals surface area (Å²) >= 11 is 0. The molecule has 1 aliphatic rings. The predicted octanol–water partition coefficient (Wildman–Crippen LogP) is 4.96. The Morgan fingerprint density at radius 3 is 1.57 bits per heavy atom. The van der Waals surface area contributed by atoms with Gasteiger partial charge in [-0.15, -0.1) is 0 Å². The van der Waals surface area contributed by atoms with Crippen LogP contribution in [-0.2, 0) is 36.9 Å². The Morgan fingerprint density at radius 2 is 1.05 bits per heavy atom. The highest BCUT2D eigenvalue weighted by molar-refractivity contribution is 5.90. The van der Waals surface area contributed by atoms with E-state index in [2.05, 4.69) is 0 Å². The van der Waals surface area contributed by atoms with Crippen LogP contribution in [0.2, 0.25) is 0 Å². The number of carbonyl (C=O) groups is 2. The van der Waals surface area contributed by atoms with Gasteiger partial charge in [0.15, 0.2) is 12.4 Å². The Balaban J connectivity index is 1.41. The van der Waals surface area contributed by atoms with Crippen LogP contribution >= 0.6 is 0 Å². The molecule has 0 aromatic heterocycles. The number of carbonyl (C=O) groups excluding carboxylic acids is 2. The molecule has 1 heterocycles. The lowest BCUT2D eigenvalue weighted by Crippen LogP contribution is -2.61. The lowest BCUT2D eigenvalue weighted by molar-refractivity contribution is -0.306. The van der Waals surface area contributed by atoms with Crippen molar-refractivity contribution in [3.05, 3.63) is 144 Å². The summed E-state index contributed by atoms with van der Waals surface area (Å²) < 4.78 is 29.9. The zero-order valence-corrected chi connectivity index (χ0v) is 22.9. The van der Waals surface area contributed by atoms with Crippen LogP contribution in [0, 0.1) is 0 Å². The summed E-state index contributed by atoms with van der Waals surface area (Å²) in [7, 11) is 0. The van der Waals surface area contributed by atoms with Crippen molar-refractivity contribution in [3.63, 3.8) is 0 Å². The van der Waals surface area contributed by atoms with Crippen molar-refractivity contribution in [1.29, 1.82) is 0 Å². The van der Waals surface area contributed by atoms with Crippen molar-refractivity contribution in [2.45, 2.75) is 43.9 Å². The van der Waals surface area contributed by atoms with Gasteiger partial charge >= 0.3 is 11.9 Å². The Bertz CT molecular complexity index is 1400. The first-order valence-electron chi connectivity index (χ1n) is 13.7. The second-order valence-corrected chi connectivity index (χ2v) is 9.79. The van der Waals surface area contributed by atoms with Crippen molar-refractivity contribution in [2.24, 2.45) is 0 Å². The Labute approximate surface area is 244 Å². The van der Waals surface area contributed by atoms with Crippen LogP contribution in [0.15, 0.2) is 121 Å². The molecular formula is C34H32O8. The number of esters is 2. The average molecular weight is 569 g/mol. The lowest BCUT2D eigenvalue weighted by Gasteiger charge is -2.43. The molecule has 1 saturated heterocycles. The summed E-state index contributed by atoms with van der Waals surface area (Å²) in [6.45, 7) is 0.0115. The lowest BCUT2D eigenvalue weighted by atomic mass is 9.98. The van der Waals surface area contributed by atoms with E-state index in [4.69, 9.17) is 23.7 Å². The van der Waals surface area contributed by atoms with E-state index in [0.717, 1.165) is 11.1 Å². The molecule has 0 amide bonds. The molecule has 0 saturated carbocycles. The van der Waals surface area contributed by atoms with E-state index in [1.807, 2.05) is 60.7 Å². The maximum Gasteiger partial charge on any atom is 0.338 e. The van der Waals surface area contributed by atoms with E-state index in [1.54, 1.807) is 60.7 Å². The minimum atomic E-state index is -1.46. The molecule has 0 unspecified atom stereocenters. The van der Waals surface area contributed by atoms with Gasteiger partial charge in [0.2, 0.25) is 0 Å². The van der Waals surface area contributed by atoms with Gasteiger partial charge in [-0.3, -0.25) is 0 Å².